The normalized spacial score (nSPS) is 14.9. The second-order valence-corrected chi connectivity index (χ2v) is 4.68. The molecule has 0 saturated carbocycles. The standard InChI is InChI=1S/C14H16N6O/c21-14(18-12-11-15-5-6-16-12)20-9-7-19(8-10-20)13-3-1-2-4-17-13/h1-6,11H,7-10H2,(H,16,18,21). The number of nitrogens with one attached hydrogen (secondary N) is 1. The molecular weight excluding hydrogens is 268 g/mol. The number of nitrogens with zero attached hydrogens (tertiary/aromatic N) is 5. The maximum absolute atomic E-state index is 12.1. The van der Waals surface area contributed by atoms with Crippen LogP contribution >= 0.6 is 0 Å². The molecule has 1 N–H and O–H groups in total. The van der Waals surface area contributed by atoms with Crippen LogP contribution in [0.1, 0.15) is 0 Å². The molecule has 1 saturated heterocycles. The molecule has 7 nitrogen and oxygen atoms in total. The summed E-state index contributed by atoms with van der Waals surface area (Å²) in [5, 5.41) is 2.75. The molecule has 1 fully saturated rings. The third-order valence-corrected chi connectivity index (χ3v) is 3.34. The van der Waals surface area contributed by atoms with Crippen LogP contribution in [0.5, 0.6) is 0 Å². The molecule has 2 aromatic heterocycles. The quantitative estimate of drug-likeness (QED) is 0.897. The third-order valence-electron chi connectivity index (χ3n) is 3.34. The Bertz CT molecular complexity index is 583. The van der Waals surface area contributed by atoms with Gasteiger partial charge in [-0.2, -0.15) is 0 Å². The van der Waals surface area contributed by atoms with Crippen molar-refractivity contribution in [3.05, 3.63) is 43.0 Å². The zero-order chi connectivity index (χ0) is 14.5. The first-order valence-corrected chi connectivity index (χ1v) is 6.81. The summed E-state index contributed by atoms with van der Waals surface area (Å²) in [7, 11) is 0. The Hall–Kier alpha value is -2.70. The van der Waals surface area contributed by atoms with Gasteiger partial charge in [0.2, 0.25) is 0 Å². The molecule has 0 unspecified atom stereocenters. The van der Waals surface area contributed by atoms with E-state index in [1.54, 1.807) is 23.5 Å². The number of aromatic nitrogens is 3. The predicted molar refractivity (Wildman–Crippen MR) is 79.1 cm³/mol. The molecule has 1 aliphatic heterocycles. The zero-order valence-corrected chi connectivity index (χ0v) is 11.5. The number of hydrogen-bond acceptors (Lipinski definition) is 5. The molecule has 3 rings (SSSR count). The van der Waals surface area contributed by atoms with E-state index >= 15 is 0 Å². The van der Waals surface area contributed by atoms with Gasteiger partial charge in [-0.15, -0.1) is 0 Å². The Morgan fingerprint density at radius 2 is 1.90 bits per heavy atom. The molecule has 0 spiro atoms. The molecule has 2 aromatic rings. The number of amides is 2. The minimum atomic E-state index is -0.142. The second-order valence-electron chi connectivity index (χ2n) is 4.68. The van der Waals surface area contributed by atoms with E-state index in [0.717, 1.165) is 18.9 Å². The van der Waals surface area contributed by atoms with Gasteiger partial charge in [-0.1, -0.05) is 6.07 Å². The summed E-state index contributed by atoms with van der Waals surface area (Å²) in [5.74, 6) is 1.42. The number of urea groups is 1. The predicted octanol–water partition coefficient (Wildman–Crippen LogP) is 1.23. The van der Waals surface area contributed by atoms with Crippen LogP contribution in [0.3, 0.4) is 0 Å². The first kappa shape index (κ1) is 13.3. The number of hydrogen-bond donors (Lipinski definition) is 1. The highest BCUT2D eigenvalue weighted by Gasteiger charge is 2.21. The van der Waals surface area contributed by atoms with Crippen molar-refractivity contribution in [1.82, 2.24) is 19.9 Å². The largest absolute Gasteiger partial charge is 0.353 e. The van der Waals surface area contributed by atoms with Gasteiger partial charge in [-0.05, 0) is 12.1 Å². The molecule has 0 radical (unpaired) electrons. The topological polar surface area (TPSA) is 74.2 Å². The molecule has 21 heavy (non-hydrogen) atoms. The van der Waals surface area contributed by atoms with Gasteiger partial charge in [0.05, 0.1) is 6.20 Å². The highest BCUT2D eigenvalue weighted by Crippen LogP contribution is 2.13. The maximum atomic E-state index is 12.1. The molecule has 0 bridgehead atoms. The summed E-state index contributed by atoms with van der Waals surface area (Å²) in [6.07, 6.45) is 6.43. The van der Waals surface area contributed by atoms with Crippen molar-refractivity contribution >= 4 is 17.7 Å². The average Bonchev–Trinajstić information content (AvgIpc) is 2.57. The Balaban J connectivity index is 1.55. The van der Waals surface area contributed by atoms with Crippen molar-refractivity contribution < 1.29 is 4.79 Å². The van der Waals surface area contributed by atoms with E-state index in [2.05, 4.69) is 25.2 Å². The Labute approximate surface area is 122 Å². The van der Waals surface area contributed by atoms with Crippen molar-refractivity contribution in [2.24, 2.45) is 0 Å². The minimum Gasteiger partial charge on any atom is -0.353 e. The molecule has 3 heterocycles. The molecule has 0 aliphatic carbocycles. The van der Waals surface area contributed by atoms with Crippen molar-refractivity contribution in [1.29, 1.82) is 0 Å². The van der Waals surface area contributed by atoms with Crippen LogP contribution in [0.2, 0.25) is 0 Å². The van der Waals surface area contributed by atoms with E-state index < -0.39 is 0 Å². The fraction of sp³-hybridized carbons (Fsp3) is 0.286. The van der Waals surface area contributed by atoms with Crippen LogP contribution in [-0.4, -0.2) is 52.1 Å². The number of pyridine rings is 1. The molecule has 108 valence electrons. The molecule has 0 atom stereocenters. The van der Waals surface area contributed by atoms with E-state index in [1.165, 1.54) is 6.20 Å². The van der Waals surface area contributed by atoms with Crippen LogP contribution in [0.15, 0.2) is 43.0 Å². The average molecular weight is 284 g/mol. The first-order chi connectivity index (χ1) is 10.3. The maximum Gasteiger partial charge on any atom is 0.323 e. The van der Waals surface area contributed by atoms with Gasteiger partial charge >= 0.3 is 6.03 Å². The first-order valence-electron chi connectivity index (χ1n) is 6.81. The van der Waals surface area contributed by atoms with Crippen molar-refractivity contribution in [2.45, 2.75) is 0 Å². The lowest BCUT2D eigenvalue weighted by molar-refractivity contribution is 0.208. The van der Waals surface area contributed by atoms with Gasteiger partial charge in [0.25, 0.3) is 0 Å². The van der Waals surface area contributed by atoms with Gasteiger partial charge in [0.15, 0.2) is 5.82 Å². The number of anilines is 2. The fourth-order valence-electron chi connectivity index (χ4n) is 2.23. The van der Waals surface area contributed by atoms with E-state index in [-0.39, 0.29) is 6.03 Å². The smallest absolute Gasteiger partial charge is 0.323 e. The van der Waals surface area contributed by atoms with Crippen LogP contribution in [0, 0.1) is 0 Å². The fourth-order valence-corrected chi connectivity index (χ4v) is 2.23. The number of carbonyl (C=O) groups is 1. The van der Waals surface area contributed by atoms with Crippen molar-refractivity contribution in [3.63, 3.8) is 0 Å². The van der Waals surface area contributed by atoms with E-state index in [4.69, 9.17) is 0 Å². The highest BCUT2D eigenvalue weighted by atomic mass is 16.2. The lowest BCUT2D eigenvalue weighted by atomic mass is 10.3. The van der Waals surface area contributed by atoms with Gasteiger partial charge in [0.1, 0.15) is 5.82 Å². The monoisotopic (exact) mass is 284 g/mol. The number of rotatable bonds is 2. The lowest BCUT2D eigenvalue weighted by Crippen LogP contribution is -2.50. The molecular formula is C14H16N6O. The van der Waals surface area contributed by atoms with Crippen LogP contribution in [0.4, 0.5) is 16.4 Å². The van der Waals surface area contributed by atoms with Crippen molar-refractivity contribution in [3.8, 4) is 0 Å². The Kier molecular flexibility index (Phi) is 3.90. The van der Waals surface area contributed by atoms with Crippen LogP contribution in [0.25, 0.3) is 0 Å². The molecule has 2 amide bonds. The zero-order valence-electron chi connectivity index (χ0n) is 11.5. The van der Waals surface area contributed by atoms with Crippen LogP contribution in [-0.2, 0) is 0 Å². The van der Waals surface area contributed by atoms with Gasteiger partial charge in [0, 0.05) is 44.8 Å². The third kappa shape index (κ3) is 3.25. The Morgan fingerprint density at radius 1 is 1.05 bits per heavy atom. The van der Waals surface area contributed by atoms with Crippen LogP contribution < -0.4 is 10.2 Å². The summed E-state index contributed by atoms with van der Waals surface area (Å²) >= 11 is 0. The highest BCUT2D eigenvalue weighted by molar-refractivity contribution is 5.88. The molecule has 1 aliphatic rings. The SMILES string of the molecule is O=C(Nc1cnccn1)N1CCN(c2ccccn2)CC1. The van der Waals surface area contributed by atoms with E-state index in [0.29, 0.717) is 18.9 Å². The minimum absolute atomic E-state index is 0.142. The lowest BCUT2D eigenvalue weighted by Gasteiger charge is -2.35. The summed E-state index contributed by atoms with van der Waals surface area (Å²) in [4.78, 5) is 28.4. The summed E-state index contributed by atoms with van der Waals surface area (Å²) in [6.45, 7) is 2.85. The second kappa shape index (κ2) is 6.17. The van der Waals surface area contributed by atoms with Crippen molar-refractivity contribution in [2.75, 3.05) is 36.4 Å². The van der Waals surface area contributed by atoms with Gasteiger partial charge in [-0.3, -0.25) is 10.3 Å². The molecule has 7 heteroatoms. The summed E-state index contributed by atoms with van der Waals surface area (Å²) in [5.41, 5.74) is 0. The van der Waals surface area contributed by atoms with E-state index in [9.17, 15) is 4.79 Å². The summed E-state index contributed by atoms with van der Waals surface area (Å²) < 4.78 is 0. The Morgan fingerprint density at radius 3 is 2.57 bits per heavy atom. The number of piperazine rings is 1. The van der Waals surface area contributed by atoms with Gasteiger partial charge in [-0.25, -0.2) is 14.8 Å². The molecule has 0 aromatic carbocycles. The van der Waals surface area contributed by atoms with Gasteiger partial charge < -0.3 is 9.80 Å². The van der Waals surface area contributed by atoms with E-state index in [1.807, 2.05) is 18.2 Å². The summed E-state index contributed by atoms with van der Waals surface area (Å²) in [6, 6.07) is 5.70. The number of carbonyl (C=O) groups excluding carboxylic acids is 1.